The lowest BCUT2D eigenvalue weighted by Gasteiger charge is -2.28. The summed E-state index contributed by atoms with van der Waals surface area (Å²) >= 11 is 0. The molecule has 0 bridgehead atoms. The summed E-state index contributed by atoms with van der Waals surface area (Å²) < 4.78 is 0. The van der Waals surface area contributed by atoms with Crippen molar-refractivity contribution in [3.8, 4) is 0 Å². The predicted octanol–water partition coefficient (Wildman–Crippen LogP) is 1.52. The molecule has 2 amide bonds. The minimum absolute atomic E-state index is 0.157. The third-order valence-corrected chi connectivity index (χ3v) is 4.02. The Kier molecular flexibility index (Phi) is 2.74. The quantitative estimate of drug-likeness (QED) is 0.814. The summed E-state index contributed by atoms with van der Waals surface area (Å²) in [7, 11) is 0. The molecule has 0 saturated carbocycles. The van der Waals surface area contributed by atoms with E-state index in [4.69, 9.17) is 0 Å². The first-order chi connectivity index (χ1) is 8.66. The van der Waals surface area contributed by atoms with E-state index in [-0.39, 0.29) is 6.03 Å². The average molecular weight is 245 g/mol. The predicted molar refractivity (Wildman–Crippen MR) is 72.0 cm³/mol. The molecule has 4 nitrogen and oxygen atoms in total. The Morgan fingerprint density at radius 2 is 2.11 bits per heavy atom. The summed E-state index contributed by atoms with van der Waals surface area (Å²) in [6.45, 7) is 7.63. The molecule has 4 heteroatoms. The van der Waals surface area contributed by atoms with Crippen LogP contribution < -0.4 is 10.2 Å². The van der Waals surface area contributed by atoms with Crippen molar-refractivity contribution in [1.29, 1.82) is 0 Å². The molecular formula is C14H19N3O. The number of nitrogens with one attached hydrogen (secondary N) is 1. The Morgan fingerprint density at radius 3 is 2.83 bits per heavy atom. The zero-order valence-corrected chi connectivity index (χ0v) is 10.9. The van der Waals surface area contributed by atoms with Gasteiger partial charge in [0.15, 0.2) is 0 Å². The summed E-state index contributed by atoms with van der Waals surface area (Å²) in [5, 5.41) is 3.35. The number of fused-ring (bicyclic) bond motifs is 1. The van der Waals surface area contributed by atoms with Crippen molar-refractivity contribution >= 4 is 11.7 Å². The van der Waals surface area contributed by atoms with Crippen LogP contribution in [0.3, 0.4) is 0 Å². The molecule has 0 radical (unpaired) electrons. The van der Waals surface area contributed by atoms with Crippen LogP contribution in [0.4, 0.5) is 10.5 Å². The van der Waals surface area contributed by atoms with Gasteiger partial charge in [0.2, 0.25) is 0 Å². The van der Waals surface area contributed by atoms with Gasteiger partial charge in [-0.15, -0.1) is 0 Å². The molecule has 3 rings (SSSR count). The molecule has 0 spiro atoms. The molecule has 1 aromatic rings. The summed E-state index contributed by atoms with van der Waals surface area (Å²) in [4.78, 5) is 16.3. The van der Waals surface area contributed by atoms with Gasteiger partial charge >= 0.3 is 6.03 Å². The van der Waals surface area contributed by atoms with E-state index in [2.05, 4.69) is 31.3 Å². The van der Waals surface area contributed by atoms with Gasteiger partial charge < -0.3 is 10.2 Å². The topological polar surface area (TPSA) is 35.6 Å². The monoisotopic (exact) mass is 245 g/mol. The van der Waals surface area contributed by atoms with Gasteiger partial charge in [-0.3, -0.25) is 4.90 Å². The molecule has 2 fully saturated rings. The maximum Gasteiger partial charge on any atom is 0.324 e. The van der Waals surface area contributed by atoms with E-state index in [1.165, 1.54) is 11.1 Å². The lowest BCUT2D eigenvalue weighted by molar-refractivity contribution is 0.193. The molecule has 2 aliphatic heterocycles. The van der Waals surface area contributed by atoms with Gasteiger partial charge in [0.25, 0.3) is 0 Å². The fourth-order valence-electron chi connectivity index (χ4n) is 2.73. The van der Waals surface area contributed by atoms with Gasteiger partial charge in [0.1, 0.15) is 0 Å². The normalized spacial score (nSPS) is 23.4. The van der Waals surface area contributed by atoms with Crippen LogP contribution in [0.25, 0.3) is 0 Å². The molecule has 0 aliphatic carbocycles. The smallest absolute Gasteiger partial charge is 0.317 e. The minimum Gasteiger partial charge on any atom is -0.317 e. The molecule has 1 aromatic carbocycles. The largest absolute Gasteiger partial charge is 0.324 e. The van der Waals surface area contributed by atoms with Crippen LogP contribution in [-0.2, 0) is 0 Å². The van der Waals surface area contributed by atoms with Gasteiger partial charge in [-0.25, -0.2) is 4.79 Å². The van der Waals surface area contributed by atoms with Crippen LogP contribution in [0.5, 0.6) is 0 Å². The van der Waals surface area contributed by atoms with Crippen LogP contribution >= 0.6 is 0 Å². The van der Waals surface area contributed by atoms with Crippen molar-refractivity contribution < 1.29 is 4.79 Å². The average Bonchev–Trinajstić information content (AvgIpc) is 2.71. The first kappa shape index (κ1) is 11.5. The van der Waals surface area contributed by atoms with Gasteiger partial charge in [-0.1, -0.05) is 6.07 Å². The van der Waals surface area contributed by atoms with Crippen LogP contribution in [0.15, 0.2) is 18.2 Å². The third-order valence-electron chi connectivity index (χ3n) is 4.02. The number of carbonyl (C=O) groups excluding carboxylic acids is 1. The number of hydrogen-bond donors (Lipinski definition) is 1. The summed E-state index contributed by atoms with van der Waals surface area (Å²) in [5.41, 5.74) is 3.53. The Bertz CT molecular complexity index is 486. The van der Waals surface area contributed by atoms with Crippen LogP contribution in [0.2, 0.25) is 0 Å². The van der Waals surface area contributed by atoms with Crippen LogP contribution in [0, 0.1) is 13.8 Å². The molecule has 1 atom stereocenters. The maximum absolute atomic E-state index is 12.4. The SMILES string of the molecule is Cc1ccc(N2CC3CNCCN3C2=O)cc1C. The van der Waals surface area contributed by atoms with Crippen molar-refractivity contribution in [3.63, 3.8) is 0 Å². The highest BCUT2D eigenvalue weighted by Crippen LogP contribution is 2.26. The second kappa shape index (κ2) is 4.28. The Balaban J connectivity index is 1.88. The molecule has 1 unspecified atom stereocenters. The van der Waals surface area contributed by atoms with E-state index in [1.807, 2.05) is 15.9 Å². The lowest BCUT2D eigenvalue weighted by Crippen LogP contribution is -2.49. The lowest BCUT2D eigenvalue weighted by atomic mass is 10.1. The van der Waals surface area contributed by atoms with Crippen molar-refractivity contribution in [1.82, 2.24) is 10.2 Å². The molecule has 0 aromatic heterocycles. The number of nitrogens with zero attached hydrogens (tertiary/aromatic N) is 2. The second-order valence-corrected chi connectivity index (χ2v) is 5.21. The van der Waals surface area contributed by atoms with E-state index >= 15 is 0 Å². The number of hydrogen-bond acceptors (Lipinski definition) is 2. The van der Waals surface area contributed by atoms with Crippen LogP contribution in [-0.4, -0.2) is 43.2 Å². The van der Waals surface area contributed by atoms with Crippen molar-refractivity contribution in [2.24, 2.45) is 0 Å². The molecular weight excluding hydrogens is 226 g/mol. The highest BCUT2D eigenvalue weighted by Gasteiger charge is 2.38. The number of aryl methyl sites for hydroxylation is 2. The standard InChI is InChI=1S/C14H19N3O/c1-10-3-4-12(7-11(10)2)17-9-13-8-15-5-6-16(13)14(17)18/h3-4,7,13,15H,5-6,8-9H2,1-2H3. The second-order valence-electron chi connectivity index (χ2n) is 5.21. The number of anilines is 1. The van der Waals surface area contributed by atoms with Crippen molar-refractivity contribution in [2.75, 3.05) is 31.1 Å². The number of piperazine rings is 1. The van der Waals surface area contributed by atoms with E-state index in [0.29, 0.717) is 6.04 Å². The zero-order chi connectivity index (χ0) is 12.7. The van der Waals surface area contributed by atoms with Gasteiger partial charge in [-0.05, 0) is 37.1 Å². The first-order valence-electron chi connectivity index (χ1n) is 6.53. The maximum atomic E-state index is 12.4. The van der Waals surface area contributed by atoms with Gasteiger partial charge in [-0.2, -0.15) is 0 Å². The summed E-state index contributed by atoms with van der Waals surface area (Å²) in [5.74, 6) is 0. The highest BCUT2D eigenvalue weighted by molar-refractivity contribution is 5.94. The molecule has 2 heterocycles. The fourth-order valence-corrected chi connectivity index (χ4v) is 2.73. The molecule has 96 valence electrons. The first-order valence-corrected chi connectivity index (χ1v) is 6.53. The number of rotatable bonds is 1. The number of carbonyl (C=O) groups is 1. The minimum atomic E-state index is 0.157. The third kappa shape index (κ3) is 1.77. The fraction of sp³-hybridized carbons (Fsp3) is 0.500. The summed E-state index contributed by atoms with van der Waals surface area (Å²) in [6.07, 6.45) is 0. The van der Waals surface area contributed by atoms with E-state index < -0.39 is 0 Å². The van der Waals surface area contributed by atoms with E-state index in [1.54, 1.807) is 0 Å². The summed E-state index contributed by atoms with van der Waals surface area (Å²) in [6, 6.07) is 6.73. The van der Waals surface area contributed by atoms with Crippen molar-refractivity contribution in [2.45, 2.75) is 19.9 Å². The van der Waals surface area contributed by atoms with Crippen LogP contribution in [0.1, 0.15) is 11.1 Å². The van der Waals surface area contributed by atoms with Crippen molar-refractivity contribution in [3.05, 3.63) is 29.3 Å². The number of urea groups is 1. The molecule has 2 saturated heterocycles. The number of benzene rings is 1. The zero-order valence-electron chi connectivity index (χ0n) is 10.9. The molecule has 2 aliphatic rings. The Labute approximate surface area is 108 Å². The Hall–Kier alpha value is -1.55. The Morgan fingerprint density at radius 1 is 1.28 bits per heavy atom. The highest BCUT2D eigenvalue weighted by atomic mass is 16.2. The van der Waals surface area contributed by atoms with Gasteiger partial charge in [0, 0.05) is 31.9 Å². The molecule has 1 N–H and O–H groups in total. The van der Waals surface area contributed by atoms with E-state index in [9.17, 15) is 4.79 Å². The van der Waals surface area contributed by atoms with E-state index in [0.717, 1.165) is 31.9 Å². The molecule has 18 heavy (non-hydrogen) atoms. The number of amides is 2. The van der Waals surface area contributed by atoms with Gasteiger partial charge in [0.05, 0.1) is 6.04 Å².